The fourth-order valence-corrected chi connectivity index (χ4v) is 5.32. The molecule has 1 atom stereocenters. The van der Waals surface area contributed by atoms with Crippen LogP contribution in [0.3, 0.4) is 0 Å². The van der Waals surface area contributed by atoms with E-state index in [-0.39, 0.29) is 11.3 Å². The van der Waals surface area contributed by atoms with Crippen LogP contribution in [0.4, 0.5) is 0 Å². The molecule has 2 saturated heterocycles. The average Bonchev–Trinajstić information content (AvgIpc) is 3.27. The molecule has 0 radical (unpaired) electrons. The normalized spacial score (nSPS) is 20.5. The van der Waals surface area contributed by atoms with Gasteiger partial charge in [-0.1, -0.05) is 6.42 Å². The van der Waals surface area contributed by atoms with Crippen molar-refractivity contribution in [3.63, 3.8) is 0 Å². The summed E-state index contributed by atoms with van der Waals surface area (Å²) in [6.07, 6.45) is 3.49. The highest BCUT2D eigenvalue weighted by Gasteiger charge is 2.47. The van der Waals surface area contributed by atoms with Gasteiger partial charge in [-0.25, -0.2) is 0 Å². The van der Waals surface area contributed by atoms with Crippen molar-refractivity contribution in [2.75, 3.05) is 40.4 Å². The molecule has 8 nitrogen and oxygen atoms in total. The number of benzene rings is 1. The highest BCUT2D eigenvalue weighted by Crippen LogP contribution is 2.44. The van der Waals surface area contributed by atoms with Crippen LogP contribution in [0.2, 0.25) is 0 Å². The molecule has 1 aromatic heterocycles. The minimum Gasteiger partial charge on any atom is -0.507 e. The van der Waals surface area contributed by atoms with Crippen molar-refractivity contribution in [1.29, 1.82) is 0 Å². The van der Waals surface area contributed by atoms with E-state index in [1.807, 2.05) is 20.8 Å². The van der Waals surface area contributed by atoms with Gasteiger partial charge in [0.1, 0.15) is 17.3 Å². The lowest BCUT2D eigenvalue weighted by Crippen LogP contribution is -2.40. The van der Waals surface area contributed by atoms with Gasteiger partial charge in [-0.15, -0.1) is 0 Å². The average molecular weight is 482 g/mol. The van der Waals surface area contributed by atoms with E-state index in [1.165, 1.54) is 6.42 Å². The Labute approximate surface area is 206 Å². The Kier molecular flexibility index (Phi) is 7.21. The molecular weight excluding hydrogens is 446 g/mol. The summed E-state index contributed by atoms with van der Waals surface area (Å²) in [4.78, 5) is 33.9. The number of ether oxygens (including phenoxy) is 2. The number of nitrogens with one attached hydrogen (secondary N) is 1. The molecule has 2 aromatic rings. The SMILES string of the molecule is COc1ccc(OC)c(C2/C(=C(\O)c3c(C)[nH]c(C)c3C)C(=O)C(=O)N2CCN2CCCCC2)c1. The lowest BCUT2D eigenvalue weighted by Gasteiger charge is -2.31. The number of piperidine rings is 1. The monoisotopic (exact) mass is 481 g/mol. The second-order valence-electron chi connectivity index (χ2n) is 9.38. The molecule has 4 rings (SSSR count). The summed E-state index contributed by atoms with van der Waals surface area (Å²) in [5, 5.41) is 11.5. The maximum atomic E-state index is 13.4. The van der Waals surface area contributed by atoms with Gasteiger partial charge in [-0.05, 0) is 70.5 Å². The molecule has 1 amide bonds. The zero-order chi connectivity index (χ0) is 25.3. The predicted molar refractivity (Wildman–Crippen MR) is 134 cm³/mol. The topological polar surface area (TPSA) is 95.1 Å². The first-order valence-corrected chi connectivity index (χ1v) is 12.2. The summed E-state index contributed by atoms with van der Waals surface area (Å²) >= 11 is 0. The molecule has 2 fully saturated rings. The van der Waals surface area contributed by atoms with Gasteiger partial charge in [0, 0.05) is 35.6 Å². The van der Waals surface area contributed by atoms with Gasteiger partial charge in [0.15, 0.2) is 0 Å². The van der Waals surface area contributed by atoms with E-state index in [2.05, 4.69) is 9.88 Å². The zero-order valence-electron chi connectivity index (χ0n) is 21.2. The van der Waals surface area contributed by atoms with Crippen LogP contribution in [-0.2, 0) is 9.59 Å². The highest BCUT2D eigenvalue weighted by atomic mass is 16.5. The first kappa shape index (κ1) is 24.9. The molecule has 2 aliphatic rings. The van der Waals surface area contributed by atoms with Crippen molar-refractivity contribution in [2.24, 2.45) is 0 Å². The third-order valence-electron chi connectivity index (χ3n) is 7.30. The molecule has 2 N–H and O–H groups in total. The van der Waals surface area contributed by atoms with Crippen molar-refractivity contribution in [3.05, 3.63) is 51.9 Å². The van der Waals surface area contributed by atoms with Crippen LogP contribution in [0.15, 0.2) is 23.8 Å². The number of aryl methyl sites for hydroxylation is 2. The Morgan fingerprint density at radius 1 is 1.03 bits per heavy atom. The number of likely N-dealkylation sites (tertiary alicyclic amines) is 2. The van der Waals surface area contributed by atoms with Gasteiger partial charge in [0.25, 0.3) is 11.7 Å². The molecule has 8 heteroatoms. The molecule has 3 heterocycles. The van der Waals surface area contributed by atoms with Crippen LogP contribution in [0, 0.1) is 20.8 Å². The van der Waals surface area contributed by atoms with E-state index >= 15 is 0 Å². The van der Waals surface area contributed by atoms with Gasteiger partial charge in [-0.2, -0.15) is 0 Å². The number of aliphatic hydroxyl groups excluding tert-OH is 1. The van der Waals surface area contributed by atoms with Gasteiger partial charge < -0.3 is 29.4 Å². The number of aromatic amines is 1. The lowest BCUT2D eigenvalue weighted by molar-refractivity contribution is -0.140. The quantitative estimate of drug-likeness (QED) is 0.354. The smallest absolute Gasteiger partial charge is 0.295 e. The number of carbonyl (C=O) groups is 2. The predicted octanol–water partition coefficient (Wildman–Crippen LogP) is 3.86. The third kappa shape index (κ3) is 4.55. The number of ketones is 1. The van der Waals surface area contributed by atoms with Crippen molar-refractivity contribution < 1.29 is 24.2 Å². The Hall–Kier alpha value is -3.26. The first-order chi connectivity index (χ1) is 16.8. The van der Waals surface area contributed by atoms with Crippen LogP contribution in [-0.4, -0.2) is 72.0 Å². The number of hydrogen-bond acceptors (Lipinski definition) is 6. The van der Waals surface area contributed by atoms with Crippen LogP contribution in [0.5, 0.6) is 11.5 Å². The van der Waals surface area contributed by atoms with E-state index in [1.54, 1.807) is 37.3 Å². The maximum absolute atomic E-state index is 13.4. The summed E-state index contributed by atoms with van der Waals surface area (Å²) in [5.74, 6) is -0.370. The van der Waals surface area contributed by atoms with E-state index in [0.717, 1.165) is 42.9 Å². The number of carbonyl (C=O) groups excluding carboxylic acids is 2. The summed E-state index contributed by atoms with van der Waals surface area (Å²) < 4.78 is 11.1. The van der Waals surface area contributed by atoms with Crippen LogP contribution < -0.4 is 9.47 Å². The molecule has 2 aliphatic heterocycles. The fraction of sp³-hybridized carbons (Fsp3) is 0.481. The minimum absolute atomic E-state index is 0.0744. The number of hydrogen-bond donors (Lipinski definition) is 2. The molecular formula is C27H35N3O5. The second-order valence-corrected chi connectivity index (χ2v) is 9.38. The van der Waals surface area contributed by atoms with Crippen LogP contribution in [0.25, 0.3) is 5.76 Å². The number of nitrogens with zero attached hydrogens (tertiary/aromatic N) is 2. The highest BCUT2D eigenvalue weighted by molar-refractivity contribution is 6.46. The Bertz CT molecular complexity index is 1160. The number of aromatic nitrogens is 1. The molecule has 1 unspecified atom stereocenters. The van der Waals surface area contributed by atoms with Crippen LogP contribution in [0.1, 0.15) is 53.4 Å². The minimum atomic E-state index is -0.793. The summed E-state index contributed by atoms with van der Waals surface area (Å²) in [5.41, 5.74) is 3.73. The van der Waals surface area contributed by atoms with Gasteiger partial charge in [-0.3, -0.25) is 9.59 Å². The van der Waals surface area contributed by atoms with E-state index in [0.29, 0.717) is 35.7 Å². The van der Waals surface area contributed by atoms with Crippen molar-refractivity contribution >= 4 is 17.4 Å². The summed E-state index contributed by atoms with van der Waals surface area (Å²) in [7, 11) is 3.11. The molecule has 0 bridgehead atoms. The standard InChI is InChI=1S/C27H35N3O5/c1-16-17(2)28-18(3)22(16)25(31)23-24(20-15-19(34-4)9-10-21(20)35-5)30(27(33)26(23)32)14-13-29-11-7-6-8-12-29/h9-10,15,24,28,31H,6-8,11-14H2,1-5H3/b25-23+. The Balaban J connectivity index is 1.86. The molecule has 35 heavy (non-hydrogen) atoms. The Morgan fingerprint density at radius 2 is 1.74 bits per heavy atom. The number of H-pyrrole nitrogens is 1. The van der Waals surface area contributed by atoms with E-state index < -0.39 is 17.7 Å². The number of rotatable bonds is 7. The van der Waals surface area contributed by atoms with E-state index in [4.69, 9.17) is 9.47 Å². The van der Waals surface area contributed by atoms with Crippen molar-refractivity contribution in [1.82, 2.24) is 14.8 Å². The largest absolute Gasteiger partial charge is 0.507 e. The number of Topliss-reactive ketones (excluding diaryl/α,β-unsaturated/α-hetero) is 1. The number of aliphatic hydroxyl groups is 1. The Morgan fingerprint density at radius 3 is 2.34 bits per heavy atom. The van der Waals surface area contributed by atoms with E-state index in [9.17, 15) is 14.7 Å². The molecule has 188 valence electrons. The lowest BCUT2D eigenvalue weighted by atomic mass is 9.93. The fourth-order valence-electron chi connectivity index (χ4n) is 5.32. The number of amides is 1. The molecule has 1 aromatic carbocycles. The van der Waals surface area contributed by atoms with Gasteiger partial charge in [0.2, 0.25) is 0 Å². The number of methoxy groups -OCH3 is 2. The second kappa shape index (κ2) is 10.2. The van der Waals surface area contributed by atoms with Crippen molar-refractivity contribution in [3.8, 4) is 11.5 Å². The molecule has 0 spiro atoms. The third-order valence-corrected chi connectivity index (χ3v) is 7.30. The molecule has 0 aliphatic carbocycles. The van der Waals surface area contributed by atoms with Crippen molar-refractivity contribution in [2.45, 2.75) is 46.1 Å². The van der Waals surface area contributed by atoms with Gasteiger partial charge >= 0.3 is 0 Å². The maximum Gasteiger partial charge on any atom is 0.295 e. The summed E-state index contributed by atoms with van der Waals surface area (Å²) in [6.45, 7) is 8.66. The summed E-state index contributed by atoms with van der Waals surface area (Å²) in [6, 6.07) is 4.51. The van der Waals surface area contributed by atoms with Crippen LogP contribution >= 0.6 is 0 Å². The van der Waals surface area contributed by atoms with Gasteiger partial charge in [0.05, 0.1) is 25.8 Å². The zero-order valence-corrected chi connectivity index (χ0v) is 21.2. The first-order valence-electron chi connectivity index (χ1n) is 12.2. The molecule has 0 saturated carbocycles.